The fourth-order valence-corrected chi connectivity index (χ4v) is 2.08. The molecule has 1 N–H and O–H groups in total. The van der Waals surface area contributed by atoms with Crippen molar-refractivity contribution in [1.29, 1.82) is 0 Å². The van der Waals surface area contributed by atoms with Crippen LogP contribution in [0.25, 0.3) is 0 Å². The minimum atomic E-state index is -0.386. The lowest BCUT2D eigenvalue weighted by Crippen LogP contribution is -2.09. The zero-order valence-electron chi connectivity index (χ0n) is 10.5. The second-order valence-electron chi connectivity index (χ2n) is 3.56. The van der Waals surface area contributed by atoms with Gasteiger partial charge in [-0.2, -0.15) is 5.10 Å². The van der Waals surface area contributed by atoms with Crippen molar-refractivity contribution in [2.45, 2.75) is 13.3 Å². The number of nitrogens with zero attached hydrogens (tertiary/aromatic N) is 3. The molecule has 0 amide bonds. The van der Waals surface area contributed by atoms with Crippen LogP contribution < -0.4 is 5.32 Å². The van der Waals surface area contributed by atoms with Crippen LogP contribution in [0.2, 0.25) is 0 Å². The van der Waals surface area contributed by atoms with E-state index >= 15 is 0 Å². The molecule has 1 aromatic heterocycles. The molecule has 0 bridgehead atoms. The molecule has 0 saturated carbocycles. The highest BCUT2D eigenvalue weighted by atomic mass is 32.2. The molecule has 0 aliphatic heterocycles. The Morgan fingerprint density at radius 2 is 2.39 bits per heavy atom. The number of thioether (sulfide) groups is 1. The van der Waals surface area contributed by atoms with Crippen LogP contribution in [0, 0.1) is 22.5 Å². The van der Waals surface area contributed by atoms with Gasteiger partial charge in [0.2, 0.25) is 5.82 Å². The minimum absolute atomic E-state index is 0.0712. The number of hydrogen-bond acceptors (Lipinski definition) is 5. The number of aromatic nitrogens is 2. The van der Waals surface area contributed by atoms with Crippen molar-refractivity contribution < 1.29 is 4.92 Å². The molecule has 0 atom stereocenters. The normalized spacial score (nSPS) is 10.1. The van der Waals surface area contributed by atoms with Crippen molar-refractivity contribution >= 4 is 23.3 Å². The summed E-state index contributed by atoms with van der Waals surface area (Å²) in [6.45, 7) is 2.47. The molecule has 6 nitrogen and oxygen atoms in total. The van der Waals surface area contributed by atoms with Gasteiger partial charge in [0.25, 0.3) is 0 Å². The molecule has 0 unspecified atom stereocenters. The fourth-order valence-electron chi connectivity index (χ4n) is 1.57. The van der Waals surface area contributed by atoms with Gasteiger partial charge in [0.15, 0.2) is 0 Å². The molecule has 0 spiro atoms. The Labute approximate surface area is 110 Å². The van der Waals surface area contributed by atoms with E-state index in [4.69, 9.17) is 6.42 Å². The Bertz CT molecular complexity index is 464. The first kappa shape index (κ1) is 14.4. The molecule has 0 saturated heterocycles. The van der Waals surface area contributed by atoms with Gasteiger partial charge in [-0.3, -0.25) is 10.1 Å². The van der Waals surface area contributed by atoms with Gasteiger partial charge < -0.3 is 5.32 Å². The third-order valence-electron chi connectivity index (χ3n) is 2.33. The van der Waals surface area contributed by atoms with Crippen molar-refractivity contribution in [2.24, 2.45) is 7.05 Å². The summed E-state index contributed by atoms with van der Waals surface area (Å²) >= 11 is 1.61. The van der Waals surface area contributed by atoms with Crippen molar-refractivity contribution in [1.82, 2.24) is 9.78 Å². The summed E-state index contributed by atoms with van der Waals surface area (Å²) in [6.07, 6.45) is 5.68. The molecule has 0 aromatic carbocycles. The van der Waals surface area contributed by atoms with Gasteiger partial charge in [-0.15, -0.1) is 18.2 Å². The van der Waals surface area contributed by atoms with Crippen LogP contribution >= 0.6 is 11.8 Å². The summed E-state index contributed by atoms with van der Waals surface area (Å²) in [6, 6.07) is 0. The van der Waals surface area contributed by atoms with Crippen molar-refractivity contribution in [3.63, 3.8) is 0 Å². The SMILES string of the molecule is C#CCSCCNc1c([N+](=O)[O-])c(CC)nn1C. The number of anilines is 1. The average Bonchev–Trinajstić information content (AvgIpc) is 2.66. The topological polar surface area (TPSA) is 73.0 Å². The van der Waals surface area contributed by atoms with Crippen molar-refractivity contribution in [3.05, 3.63) is 15.8 Å². The zero-order valence-corrected chi connectivity index (χ0v) is 11.3. The van der Waals surface area contributed by atoms with Gasteiger partial charge >= 0.3 is 5.69 Å². The van der Waals surface area contributed by atoms with Crippen LogP contribution in [0.1, 0.15) is 12.6 Å². The van der Waals surface area contributed by atoms with Crippen LogP contribution in [-0.2, 0) is 13.5 Å². The monoisotopic (exact) mass is 268 g/mol. The summed E-state index contributed by atoms with van der Waals surface area (Å²) in [5.74, 6) is 4.43. The van der Waals surface area contributed by atoms with Gasteiger partial charge in [0, 0.05) is 19.3 Å². The molecule has 18 heavy (non-hydrogen) atoms. The van der Waals surface area contributed by atoms with Crippen LogP contribution in [0.15, 0.2) is 0 Å². The number of terminal acetylenes is 1. The van der Waals surface area contributed by atoms with Gasteiger partial charge in [0.1, 0.15) is 5.69 Å². The Kier molecular flexibility index (Phi) is 5.52. The Balaban J connectivity index is 2.72. The molecule has 0 radical (unpaired) electrons. The summed E-state index contributed by atoms with van der Waals surface area (Å²) in [7, 11) is 1.70. The predicted octanol–water partition coefficient (Wildman–Crippen LogP) is 1.67. The van der Waals surface area contributed by atoms with Gasteiger partial charge in [0.05, 0.1) is 10.7 Å². The van der Waals surface area contributed by atoms with Crippen molar-refractivity contribution in [2.75, 3.05) is 23.4 Å². The Hall–Kier alpha value is -1.68. The third-order valence-corrected chi connectivity index (χ3v) is 3.20. The second-order valence-corrected chi connectivity index (χ2v) is 4.67. The summed E-state index contributed by atoms with van der Waals surface area (Å²) < 4.78 is 1.52. The minimum Gasteiger partial charge on any atom is -0.364 e. The molecule has 0 aliphatic carbocycles. The predicted molar refractivity (Wildman–Crippen MR) is 73.9 cm³/mol. The average molecular weight is 268 g/mol. The fraction of sp³-hybridized carbons (Fsp3) is 0.545. The number of nitrogens with one attached hydrogen (secondary N) is 1. The summed E-state index contributed by atoms with van der Waals surface area (Å²) in [5.41, 5.74) is 0.572. The van der Waals surface area contributed by atoms with Gasteiger partial charge in [-0.25, -0.2) is 4.68 Å². The number of aryl methyl sites for hydroxylation is 2. The molecule has 98 valence electrons. The maximum atomic E-state index is 11.0. The maximum absolute atomic E-state index is 11.0. The van der Waals surface area contributed by atoms with Crippen LogP contribution in [0.3, 0.4) is 0 Å². The summed E-state index contributed by atoms with van der Waals surface area (Å²) in [4.78, 5) is 10.6. The number of nitro groups is 1. The first-order chi connectivity index (χ1) is 8.61. The Morgan fingerprint density at radius 3 is 2.94 bits per heavy atom. The highest BCUT2D eigenvalue weighted by Crippen LogP contribution is 2.28. The largest absolute Gasteiger partial charge is 0.364 e. The molecule has 0 fully saturated rings. The molecule has 1 heterocycles. The smallest absolute Gasteiger partial charge is 0.333 e. The van der Waals surface area contributed by atoms with E-state index in [1.54, 1.807) is 18.8 Å². The van der Waals surface area contributed by atoms with E-state index in [1.165, 1.54) is 4.68 Å². The molecular formula is C11H16N4O2S. The quantitative estimate of drug-likeness (QED) is 0.352. The molecule has 1 aromatic rings. The highest BCUT2D eigenvalue weighted by Gasteiger charge is 2.24. The van der Waals surface area contributed by atoms with Crippen molar-refractivity contribution in [3.8, 4) is 12.3 Å². The van der Waals surface area contributed by atoms with E-state index in [9.17, 15) is 10.1 Å². The molecular weight excluding hydrogens is 252 g/mol. The van der Waals surface area contributed by atoms with E-state index in [2.05, 4.69) is 16.3 Å². The lowest BCUT2D eigenvalue weighted by molar-refractivity contribution is -0.384. The van der Waals surface area contributed by atoms with Crippen LogP contribution in [0.5, 0.6) is 0 Å². The second kappa shape index (κ2) is 6.91. The summed E-state index contributed by atoms with van der Waals surface area (Å²) in [5, 5.41) is 18.2. The van der Waals surface area contributed by atoms with E-state index in [1.807, 2.05) is 6.92 Å². The maximum Gasteiger partial charge on any atom is 0.333 e. The van der Waals surface area contributed by atoms with E-state index in [0.29, 0.717) is 30.2 Å². The van der Waals surface area contributed by atoms with Gasteiger partial charge in [-0.05, 0) is 6.42 Å². The highest BCUT2D eigenvalue weighted by molar-refractivity contribution is 7.99. The molecule has 1 rings (SSSR count). The van der Waals surface area contributed by atoms with E-state index < -0.39 is 0 Å². The Morgan fingerprint density at radius 1 is 1.67 bits per heavy atom. The van der Waals surface area contributed by atoms with E-state index in [-0.39, 0.29) is 10.6 Å². The lowest BCUT2D eigenvalue weighted by Gasteiger charge is -2.04. The number of rotatable bonds is 7. The zero-order chi connectivity index (χ0) is 13.5. The molecule has 7 heteroatoms. The lowest BCUT2D eigenvalue weighted by atomic mass is 10.3. The third kappa shape index (κ3) is 3.40. The van der Waals surface area contributed by atoms with E-state index in [0.717, 1.165) is 5.75 Å². The number of hydrogen-bond donors (Lipinski definition) is 1. The van der Waals surface area contributed by atoms with Crippen LogP contribution in [0.4, 0.5) is 11.5 Å². The molecule has 0 aliphatic rings. The standard InChI is InChI=1S/C11H16N4O2S/c1-4-7-18-8-6-12-11-10(15(16)17)9(5-2)13-14(11)3/h1,12H,5-8H2,2-3H3. The first-order valence-electron chi connectivity index (χ1n) is 5.57. The first-order valence-corrected chi connectivity index (χ1v) is 6.72. The van der Waals surface area contributed by atoms with Gasteiger partial charge in [-0.1, -0.05) is 12.8 Å². The van der Waals surface area contributed by atoms with Crippen LogP contribution in [-0.4, -0.2) is 32.8 Å².